The summed E-state index contributed by atoms with van der Waals surface area (Å²) in [6.45, 7) is 2.70. The Morgan fingerprint density at radius 3 is 2.48 bits per heavy atom. The molecular formula is C18H20FNO3. The van der Waals surface area contributed by atoms with E-state index in [1.807, 2.05) is 6.92 Å². The Balaban J connectivity index is 2.30. The lowest BCUT2D eigenvalue weighted by molar-refractivity contribution is 0.0748. The predicted octanol–water partition coefficient (Wildman–Crippen LogP) is 3.51. The highest BCUT2D eigenvalue weighted by Crippen LogP contribution is 2.31. The number of carbonyl (C=O) groups excluding carboxylic acids is 1. The number of benzene rings is 2. The average molecular weight is 317 g/mol. The fourth-order valence-electron chi connectivity index (χ4n) is 2.41. The molecule has 0 saturated carbocycles. The molecule has 0 bridgehead atoms. The molecule has 1 amide bonds. The summed E-state index contributed by atoms with van der Waals surface area (Å²) in [6.07, 6.45) is 0. The molecule has 0 spiro atoms. The maximum atomic E-state index is 13.3. The number of rotatable bonds is 6. The highest BCUT2D eigenvalue weighted by atomic mass is 19.1. The maximum Gasteiger partial charge on any atom is 0.258 e. The van der Waals surface area contributed by atoms with E-state index in [0.717, 1.165) is 5.56 Å². The van der Waals surface area contributed by atoms with Crippen molar-refractivity contribution in [3.8, 4) is 11.5 Å². The average Bonchev–Trinajstić information content (AvgIpc) is 2.58. The molecule has 0 atom stereocenters. The highest BCUT2D eigenvalue weighted by molar-refractivity contribution is 5.97. The molecule has 2 rings (SSSR count). The van der Waals surface area contributed by atoms with Crippen molar-refractivity contribution >= 4 is 5.91 Å². The van der Waals surface area contributed by atoms with Crippen molar-refractivity contribution in [2.24, 2.45) is 0 Å². The van der Waals surface area contributed by atoms with Crippen molar-refractivity contribution in [2.75, 3.05) is 20.8 Å². The Kier molecular flexibility index (Phi) is 5.57. The second kappa shape index (κ2) is 7.63. The number of nitrogens with zero attached hydrogens (tertiary/aromatic N) is 1. The molecule has 5 heteroatoms. The largest absolute Gasteiger partial charge is 0.493 e. The second-order valence-electron chi connectivity index (χ2n) is 4.99. The highest BCUT2D eigenvalue weighted by Gasteiger charge is 2.21. The van der Waals surface area contributed by atoms with Gasteiger partial charge in [-0.2, -0.15) is 0 Å². The van der Waals surface area contributed by atoms with Crippen LogP contribution in [0.3, 0.4) is 0 Å². The Hall–Kier alpha value is -2.56. The Labute approximate surface area is 135 Å². The van der Waals surface area contributed by atoms with Crippen molar-refractivity contribution in [3.05, 3.63) is 59.4 Å². The van der Waals surface area contributed by atoms with Gasteiger partial charge in [-0.1, -0.05) is 18.2 Å². The fraction of sp³-hybridized carbons (Fsp3) is 0.278. The van der Waals surface area contributed by atoms with Crippen LogP contribution in [0.4, 0.5) is 4.39 Å². The zero-order chi connectivity index (χ0) is 16.8. The number of hydrogen-bond acceptors (Lipinski definition) is 3. The molecule has 0 aliphatic heterocycles. The van der Waals surface area contributed by atoms with Gasteiger partial charge in [0.25, 0.3) is 5.91 Å². The second-order valence-corrected chi connectivity index (χ2v) is 4.99. The van der Waals surface area contributed by atoms with E-state index in [0.29, 0.717) is 30.2 Å². The van der Waals surface area contributed by atoms with Crippen LogP contribution in [0.25, 0.3) is 0 Å². The van der Waals surface area contributed by atoms with Gasteiger partial charge in [0.05, 0.1) is 19.8 Å². The summed E-state index contributed by atoms with van der Waals surface area (Å²) in [6, 6.07) is 11.4. The lowest BCUT2D eigenvalue weighted by Crippen LogP contribution is -2.30. The van der Waals surface area contributed by atoms with E-state index in [-0.39, 0.29) is 11.7 Å². The molecule has 23 heavy (non-hydrogen) atoms. The van der Waals surface area contributed by atoms with Crippen LogP contribution in [0, 0.1) is 5.82 Å². The van der Waals surface area contributed by atoms with Crippen molar-refractivity contribution in [1.29, 1.82) is 0 Å². The van der Waals surface area contributed by atoms with E-state index in [1.165, 1.54) is 26.4 Å². The van der Waals surface area contributed by atoms with E-state index in [4.69, 9.17) is 9.47 Å². The number of para-hydroxylation sites is 1. The van der Waals surface area contributed by atoms with Gasteiger partial charge in [-0.25, -0.2) is 4.39 Å². The third-order valence-corrected chi connectivity index (χ3v) is 3.56. The number of halogens is 1. The standard InChI is InChI=1S/C18H20FNO3/c1-4-20(12-13-7-5-8-14(19)11-13)18(21)15-9-6-10-16(22-2)17(15)23-3/h5-11H,4,12H2,1-3H3. The van der Waals surface area contributed by atoms with Crippen LogP contribution in [0.15, 0.2) is 42.5 Å². The van der Waals surface area contributed by atoms with E-state index in [1.54, 1.807) is 35.2 Å². The third-order valence-electron chi connectivity index (χ3n) is 3.56. The van der Waals surface area contributed by atoms with Crippen LogP contribution in [-0.2, 0) is 6.54 Å². The van der Waals surface area contributed by atoms with Crippen LogP contribution in [0.5, 0.6) is 11.5 Å². The molecular weight excluding hydrogens is 297 g/mol. The SMILES string of the molecule is CCN(Cc1cccc(F)c1)C(=O)c1cccc(OC)c1OC. The van der Waals surface area contributed by atoms with Gasteiger partial charge in [0, 0.05) is 13.1 Å². The molecule has 0 heterocycles. The summed E-state index contributed by atoms with van der Waals surface area (Å²) in [7, 11) is 3.02. The van der Waals surface area contributed by atoms with E-state index in [9.17, 15) is 9.18 Å². The summed E-state index contributed by atoms with van der Waals surface area (Å²) in [5.41, 5.74) is 1.16. The van der Waals surface area contributed by atoms with Crippen molar-refractivity contribution < 1.29 is 18.7 Å². The molecule has 4 nitrogen and oxygen atoms in total. The van der Waals surface area contributed by atoms with Crippen LogP contribution < -0.4 is 9.47 Å². The number of amides is 1. The zero-order valence-corrected chi connectivity index (χ0v) is 13.5. The van der Waals surface area contributed by atoms with Gasteiger partial charge in [-0.05, 0) is 36.8 Å². The first-order chi connectivity index (χ1) is 11.1. The summed E-state index contributed by atoms with van der Waals surface area (Å²) in [5.74, 6) is 0.398. The van der Waals surface area contributed by atoms with E-state index < -0.39 is 0 Å². The van der Waals surface area contributed by atoms with Gasteiger partial charge in [-0.3, -0.25) is 4.79 Å². The van der Waals surface area contributed by atoms with Gasteiger partial charge in [0.1, 0.15) is 5.82 Å². The minimum absolute atomic E-state index is 0.187. The summed E-state index contributed by atoms with van der Waals surface area (Å²) >= 11 is 0. The number of methoxy groups -OCH3 is 2. The van der Waals surface area contributed by atoms with Crippen LogP contribution in [-0.4, -0.2) is 31.6 Å². The third kappa shape index (κ3) is 3.80. The summed E-state index contributed by atoms with van der Waals surface area (Å²) in [4.78, 5) is 14.4. The van der Waals surface area contributed by atoms with Crippen molar-refractivity contribution in [3.63, 3.8) is 0 Å². The molecule has 0 N–H and O–H groups in total. The Morgan fingerprint density at radius 1 is 1.13 bits per heavy atom. The van der Waals surface area contributed by atoms with Crippen LogP contribution in [0.2, 0.25) is 0 Å². The van der Waals surface area contributed by atoms with Crippen molar-refractivity contribution in [1.82, 2.24) is 4.90 Å². The maximum absolute atomic E-state index is 13.3. The first kappa shape index (κ1) is 16.8. The number of ether oxygens (including phenoxy) is 2. The normalized spacial score (nSPS) is 10.3. The Morgan fingerprint density at radius 2 is 1.87 bits per heavy atom. The predicted molar refractivity (Wildman–Crippen MR) is 86.4 cm³/mol. The molecule has 0 saturated heterocycles. The van der Waals surface area contributed by atoms with Gasteiger partial charge in [0.2, 0.25) is 0 Å². The topological polar surface area (TPSA) is 38.8 Å². The van der Waals surface area contributed by atoms with Crippen molar-refractivity contribution in [2.45, 2.75) is 13.5 Å². The van der Waals surface area contributed by atoms with Crippen LogP contribution >= 0.6 is 0 Å². The first-order valence-electron chi connectivity index (χ1n) is 7.35. The zero-order valence-electron chi connectivity index (χ0n) is 13.5. The smallest absolute Gasteiger partial charge is 0.258 e. The lowest BCUT2D eigenvalue weighted by Gasteiger charge is -2.22. The molecule has 122 valence electrons. The molecule has 2 aromatic rings. The first-order valence-corrected chi connectivity index (χ1v) is 7.35. The van der Waals surface area contributed by atoms with Gasteiger partial charge < -0.3 is 14.4 Å². The molecule has 0 aliphatic rings. The number of hydrogen-bond donors (Lipinski definition) is 0. The molecule has 0 radical (unpaired) electrons. The molecule has 2 aromatic carbocycles. The molecule has 0 aliphatic carbocycles. The Bertz CT molecular complexity index is 688. The van der Waals surface area contributed by atoms with Gasteiger partial charge in [-0.15, -0.1) is 0 Å². The summed E-state index contributed by atoms with van der Waals surface area (Å²) in [5, 5.41) is 0. The molecule has 0 fully saturated rings. The van der Waals surface area contributed by atoms with Gasteiger partial charge >= 0.3 is 0 Å². The quantitative estimate of drug-likeness (QED) is 0.818. The van der Waals surface area contributed by atoms with Crippen LogP contribution in [0.1, 0.15) is 22.8 Å². The minimum atomic E-state index is -0.315. The summed E-state index contributed by atoms with van der Waals surface area (Å²) < 4.78 is 23.9. The molecule has 0 aromatic heterocycles. The fourth-order valence-corrected chi connectivity index (χ4v) is 2.41. The molecule has 0 unspecified atom stereocenters. The van der Waals surface area contributed by atoms with Gasteiger partial charge in [0.15, 0.2) is 11.5 Å². The number of carbonyl (C=O) groups is 1. The minimum Gasteiger partial charge on any atom is -0.493 e. The lowest BCUT2D eigenvalue weighted by atomic mass is 10.1. The monoisotopic (exact) mass is 317 g/mol. The van der Waals surface area contributed by atoms with E-state index >= 15 is 0 Å². The van der Waals surface area contributed by atoms with E-state index in [2.05, 4.69) is 0 Å².